The average Bonchev–Trinajstić information content (AvgIpc) is 3.30. The van der Waals surface area contributed by atoms with Gasteiger partial charge in [0.25, 0.3) is 0 Å². The van der Waals surface area contributed by atoms with Crippen LogP contribution in [-0.4, -0.2) is 21.6 Å². The van der Waals surface area contributed by atoms with E-state index >= 15 is 0 Å². The Morgan fingerprint density at radius 2 is 2.07 bits per heavy atom. The van der Waals surface area contributed by atoms with Crippen molar-refractivity contribution < 1.29 is 4.39 Å². The average molecular weight is 393 g/mol. The molecule has 0 amide bonds. The molecular formula is C21H20FN5S. The summed E-state index contributed by atoms with van der Waals surface area (Å²) in [6, 6.07) is 8.61. The van der Waals surface area contributed by atoms with Crippen LogP contribution in [0.15, 0.2) is 30.3 Å². The predicted molar refractivity (Wildman–Crippen MR) is 110 cm³/mol. The molecule has 7 heteroatoms. The lowest BCUT2D eigenvalue weighted by Gasteiger charge is -2.25. The molecule has 0 aliphatic carbocycles. The minimum absolute atomic E-state index is 0.303. The molecule has 0 N–H and O–H groups in total. The van der Waals surface area contributed by atoms with Crippen molar-refractivity contribution in [3.63, 3.8) is 0 Å². The van der Waals surface area contributed by atoms with Crippen molar-refractivity contribution in [3.05, 3.63) is 52.6 Å². The number of nitrogens with zero attached hydrogens (tertiary/aromatic N) is 5. The maximum atomic E-state index is 13.3. The van der Waals surface area contributed by atoms with Gasteiger partial charge >= 0.3 is 0 Å². The number of anilines is 2. The number of aryl methyl sites for hydroxylation is 1. The highest BCUT2D eigenvalue weighted by molar-refractivity contribution is 7.16. The van der Waals surface area contributed by atoms with E-state index in [2.05, 4.69) is 36.6 Å². The van der Waals surface area contributed by atoms with Crippen LogP contribution in [0, 0.1) is 17.1 Å². The van der Waals surface area contributed by atoms with Crippen LogP contribution in [-0.2, 0) is 6.42 Å². The van der Waals surface area contributed by atoms with Crippen LogP contribution in [0.3, 0.4) is 0 Å². The Kier molecular flexibility index (Phi) is 4.73. The van der Waals surface area contributed by atoms with Crippen molar-refractivity contribution in [2.24, 2.45) is 0 Å². The molecule has 0 fully saturated rings. The smallest absolute Gasteiger partial charge is 0.192 e. The van der Waals surface area contributed by atoms with Crippen molar-refractivity contribution in [2.45, 2.75) is 32.7 Å². The van der Waals surface area contributed by atoms with Crippen molar-refractivity contribution in [2.75, 3.05) is 11.9 Å². The second kappa shape index (κ2) is 7.21. The second-order valence-corrected chi connectivity index (χ2v) is 7.78. The fraction of sp³-hybridized carbons (Fsp3) is 0.286. The van der Waals surface area contributed by atoms with Crippen molar-refractivity contribution in [3.8, 4) is 17.3 Å². The molecule has 1 aliphatic rings. The van der Waals surface area contributed by atoms with E-state index in [-0.39, 0.29) is 5.82 Å². The summed E-state index contributed by atoms with van der Waals surface area (Å²) in [5, 5.41) is 10.3. The number of halogens is 1. The highest BCUT2D eigenvalue weighted by atomic mass is 32.1. The summed E-state index contributed by atoms with van der Waals surface area (Å²) in [6.07, 6.45) is 5.97. The van der Waals surface area contributed by atoms with Gasteiger partial charge in [-0.05, 0) is 50.1 Å². The van der Waals surface area contributed by atoms with E-state index in [1.54, 1.807) is 12.1 Å². The summed E-state index contributed by atoms with van der Waals surface area (Å²) in [4.78, 5) is 12.0. The molecule has 3 aromatic rings. The molecule has 1 atom stereocenters. The second-order valence-electron chi connectivity index (χ2n) is 6.80. The summed E-state index contributed by atoms with van der Waals surface area (Å²) in [5.74, 6) is 1.65. The fourth-order valence-electron chi connectivity index (χ4n) is 3.53. The maximum Gasteiger partial charge on any atom is 0.192 e. The lowest BCUT2D eigenvalue weighted by molar-refractivity contribution is 0.542. The summed E-state index contributed by atoms with van der Waals surface area (Å²) in [6.45, 7) is 4.27. The molecule has 1 aromatic carbocycles. The molecule has 1 aliphatic heterocycles. The normalized spacial score (nSPS) is 15.3. The number of rotatable bonds is 4. The van der Waals surface area contributed by atoms with Gasteiger partial charge in [0.1, 0.15) is 34.1 Å². The number of nitriles is 1. The molecule has 0 saturated carbocycles. The first-order valence-electron chi connectivity index (χ1n) is 9.21. The molecule has 5 nitrogen and oxygen atoms in total. The number of imidazole rings is 1. The number of aromatic nitrogens is 3. The van der Waals surface area contributed by atoms with E-state index in [1.807, 2.05) is 11.9 Å². The molecule has 2 aromatic heterocycles. The Morgan fingerprint density at radius 1 is 1.32 bits per heavy atom. The third kappa shape index (κ3) is 3.00. The van der Waals surface area contributed by atoms with Gasteiger partial charge in [-0.25, -0.2) is 14.4 Å². The van der Waals surface area contributed by atoms with E-state index < -0.39 is 0 Å². The first-order valence-corrected chi connectivity index (χ1v) is 10.0. The Labute approximate surface area is 167 Å². The Morgan fingerprint density at radius 3 is 2.75 bits per heavy atom. The first kappa shape index (κ1) is 18.4. The van der Waals surface area contributed by atoms with E-state index in [9.17, 15) is 9.65 Å². The summed E-state index contributed by atoms with van der Waals surface area (Å²) >= 11 is 1.34. The third-order valence-electron chi connectivity index (χ3n) is 4.94. The predicted octanol–water partition coefficient (Wildman–Crippen LogP) is 5.33. The molecule has 1 unspecified atom stereocenters. The molecule has 0 radical (unpaired) electrons. The lowest BCUT2D eigenvalue weighted by Crippen LogP contribution is -2.19. The standard InChI is InChI=1S/C21H20FN5S/c1-4-16-20(27-13(2)6-5-7-18(27)24-16)26(3)21-25-19(17(12-23)28-21)14-8-10-15(22)11-9-14/h5,7-11,13H,4,6H2,1-3H3. The summed E-state index contributed by atoms with van der Waals surface area (Å²) < 4.78 is 15.5. The van der Waals surface area contributed by atoms with Crippen LogP contribution in [0.2, 0.25) is 0 Å². The van der Waals surface area contributed by atoms with Gasteiger partial charge in [0.2, 0.25) is 0 Å². The molecule has 0 spiro atoms. The van der Waals surface area contributed by atoms with Gasteiger partial charge in [-0.2, -0.15) is 5.26 Å². The van der Waals surface area contributed by atoms with E-state index in [1.165, 1.54) is 23.5 Å². The van der Waals surface area contributed by atoms with Crippen molar-refractivity contribution in [1.29, 1.82) is 5.26 Å². The van der Waals surface area contributed by atoms with E-state index in [4.69, 9.17) is 9.97 Å². The van der Waals surface area contributed by atoms with E-state index in [0.29, 0.717) is 16.6 Å². The molecule has 142 valence electrons. The van der Waals surface area contributed by atoms with Gasteiger partial charge in [0.05, 0.1) is 5.69 Å². The van der Waals surface area contributed by atoms with Crippen LogP contribution in [0.1, 0.15) is 42.7 Å². The number of benzene rings is 1. The fourth-order valence-corrected chi connectivity index (χ4v) is 4.38. The number of allylic oxidation sites excluding steroid dienone is 1. The van der Waals surface area contributed by atoms with Crippen LogP contribution in [0.25, 0.3) is 17.3 Å². The highest BCUT2D eigenvalue weighted by Gasteiger charge is 2.26. The quantitative estimate of drug-likeness (QED) is 0.601. The summed E-state index contributed by atoms with van der Waals surface area (Å²) in [5.41, 5.74) is 2.32. The zero-order valence-electron chi connectivity index (χ0n) is 16.0. The zero-order chi connectivity index (χ0) is 19.8. The van der Waals surface area contributed by atoms with Crippen LogP contribution in [0.5, 0.6) is 0 Å². The number of hydrogen-bond acceptors (Lipinski definition) is 5. The van der Waals surface area contributed by atoms with Gasteiger partial charge in [0, 0.05) is 18.7 Å². The summed E-state index contributed by atoms with van der Waals surface area (Å²) in [7, 11) is 1.96. The van der Waals surface area contributed by atoms with Crippen molar-refractivity contribution in [1.82, 2.24) is 14.5 Å². The molecule has 0 saturated heterocycles. The first-order chi connectivity index (χ1) is 13.5. The van der Waals surface area contributed by atoms with Gasteiger partial charge < -0.3 is 9.47 Å². The highest BCUT2D eigenvalue weighted by Crippen LogP contribution is 2.39. The number of hydrogen-bond donors (Lipinski definition) is 0. The monoisotopic (exact) mass is 393 g/mol. The molecule has 4 rings (SSSR count). The largest absolute Gasteiger partial charge is 0.308 e. The topological polar surface area (TPSA) is 57.7 Å². The molecule has 3 heterocycles. The minimum atomic E-state index is -0.310. The third-order valence-corrected chi connectivity index (χ3v) is 5.98. The Balaban J connectivity index is 1.81. The van der Waals surface area contributed by atoms with Gasteiger partial charge in [-0.1, -0.05) is 24.3 Å². The van der Waals surface area contributed by atoms with Gasteiger partial charge in [0.15, 0.2) is 5.13 Å². The number of fused-ring (bicyclic) bond motifs is 1. The SMILES string of the molecule is CCc1nc2n(c1N(C)c1nc(-c3ccc(F)cc3)c(C#N)s1)C(C)CC=C2. The van der Waals surface area contributed by atoms with Crippen LogP contribution in [0.4, 0.5) is 15.3 Å². The number of thiazole rings is 1. The van der Waals surface area contributed by atoms with Gasteiger partial charge in [-0.3, -0.25) is 0 Å². The van der Waals surface area contributed by atoms with Gasteiger partial charge in [-0.15, -0.1) is 0 Å². The van der Waals surface area contributed by atoms with Crippen LogP contribution >= 0.6 is 11.3 Å². The Hall–Kier alpha value is -2.98. The minimum Gasteiger partial charge on any atom is -0.308 e. The Bertz CT molecular complexity index is 1090. The lowest BCUT2D eigenvalue weighted by atomic mass is 10.1. The zero-order valence-corrected chi connectivity index (χ0v) is 16.8. The maximum absolute atomic E-state index is 13.3. The molecule has 0 bridgehead atoms. The van der Waals surface area contributed by atoms with Crippen LogP contribution < -0.4 is 4.90 Å². The molecule has 28 heavy (non-hydrogen) atoms. The van der Waals surface area contributed by atoms with E-state index in [0.717, 1.165) is 40.9 Å². The molecular weight excluding hydrogens is 373 g/mol. The van der Waals surface area contributed by atoms with Crippen molar-refractivity contribution >= 4 is 28.4 Å².